The number of rotatable bonds is 5. The van der Waals surface area contributed by atoms with Crippen molar-refractivity contribution in [2.45, 2.75) is 0 Å². The SMILES string of the molecule is O=[N+]([O-])c1ccc(N=Nc2ccc(O)c(C=Nc3cccc4ccccc34)c2)cc1. The number of non-ortho nitro benzene ring substituents is 1. The zero-order valence-corrected chi connectivity index (χ0v) is 15.7. The highest BCUT2D eigenvalue weighted by atomic mass is 16.6. The summed E-state index contributed by atoms with van der Waals surface area (Å²) in [6.07, 6.45) is 1.59. The standard InChI is InChI=1S/C23H16N4O3/c28-23-13-10-19(26-25-18-8-11-20(12-9-18)27(29)30)14-17(23)15-24-22-7-3-5-16-4-1-2-6-21(16)22/h1-15,28H. The van der Waals surface area contributed by atoms with Crippen LogP contribution in [0, 0.1) is 10.1 Å². The average Bonchev–Trinajstić information content (AvgIpc) is 2.78. The van der Waals surface area contributed by atoms with E-state index in [1.54, 1.807) is 18.3 Å². The first-order valence-electron chi connectivity index (χ1n) is 9.11. The molecule has 0 fully saturated rings. The second-order valence-electron chi connectivity index (χ2n) is 6.47. The van der Waals surface area contributed by atoms with Gasteiger partial charge in [-0.25, -0.2) is 0 Å². The molecule has 7 heteroatoms. The van der Waals surface area contributed by atoms with Gasteiger partial charge in [0.2, 0.25) is 0 Å². The van der Waals surface area contributed by atoms with Crippen LogP contribution in [-0.2, 0) is 0 Å². The average molecular weight is 396 g/mol. The van der Waals surface area contributed by atoms with E-state index in [1.807, 2.05) is 42.5 Å². The van der Waals surface area contributed by atoms with Crippen molar-refractivity contribution in [2.75, 3.05) is 0 Å². The number of phenols is 1. The molecule has 0 aliphatic rings. The van der Waals surface area contributed by atoms with Crippen molar-refractivity contribution in [3.8, 4) is 5.75 Å². The molecule has 0 amide bonds. The Morgan fingerprint density at radius 1 is 0.833 bits per heavy atom. The zero-order valence-electron chi connectivity index (χ0n) is 15.7. The molecule has 0 radical (unpaired) electrons. The fraction of sp³-hybridized carbons (Fsp3) is 0. The summed E-state index contributed by atoms with van der Waals surface area (Å²) < 4.78 is 0. The topological polar surface area (TPSA) is 100 Å². The predicted octanol–water partition coefficient (Wildman–Crippen LogP) is 6.62. The predicted molar refractivity (Wildman–Crippen MR) is 117 cm³/mol. The normalized spacial score (nSPS) is 11.5. The number of aromatic hydroxyl groups is 1. The van der Waals surface area contributed by atoms with Gasteiger partial charge in [0.15, 0.2) is 0 Å². The van der Waals surface area contributed by atoms with Crippen LogP contribution < -0.4 is 0 Å². The minimum atomic E-state index is -0.470. The van der Waals surface area contributed by atoms with E-state index in [9.17, 15) is 15.2 Å². The smallest absolute Gasteiger partial charge is 0.269 e. The number of phenolic OH excluding ortho intramolecular Hbond substituents is 1. The van der Waals surface area contributed by atoms with E-state index >= 15 is 0 Å². The lowest BCUT2D eigenvalue weighted by Gasteiger charge is -2.03. The van der Waals surface area contributed by atoms with Gasteiger partial charge in [0.1, 0.15) is 5.75 Å². The van der Waals surface area contributed by atoms with Gasteiger partial charge in [-0.05, 0) is 41.8 Å². The Labute approximate surface area is 171 Å². The number of fused-ring (bicyclic) bond motifs is 1. The summed E-state index contributed by atoms with van der Waals surface area (Å²) in [5.74, 6) is 0.0771. The van der Waals surface area contributed by atoms with Crippen molar-refractivity contribution in [3.63, 3.8) is 0 Å². The van der Waals surface area contributed by atoms with Crippen molar-refractivity contribution in [1.29, 1.82) is 0 Å². The number of nitro benzene ring substituents is 1. The van der Waals surface area contributed by atoms with E-state index in [4.69, 9.17) is 0 Å². The Hall–Kier alpha value is -4.39. The summed E-state index contributed by atoms with van der Waals surface area (Å²) in [7, 11) is 0. The summed E-state index contributed by atoms with van der Waals surface area (Å²) in [5.41, 5.74) is 2.30. The van der Waals surface area contributed by atoms with E-state index < -0.39 is 4.92 Å². The van der Waals surface area contributed by atoms with Gasteiger partial charge in [-0.3, -0.25) is 15.1 Å². The summed E-state index contributed by atoms with van der Waals surface area (Å²) in [4.78, 5) is 14.8. The fourth-order valence-corrected chi connectivity index (χ4v) is 2.92. The highest BCUT2D eigenvalue weighted by Gasteiger charge is 2.04. The van der Waals surface area contributed by atoms with Crippen molar-refractivity contribution >= 4 is 39.7 Å². The third-order valence-electron chi connectivity index (χ3n) is 4.46. The number of benzene rings is 4. The molecule has 0 heterocycles. The van der Waals surface area contributed by atoms with Gasteiger partial charge < -0.3 is 5.11 Å². The molecule has 0 saturated carbocycles. The summed E-state index contributed by atoms with van der Waals surface area (Å²) in [6, 6.07) is 24.4. The first-order valence-corrected chi connectivity index (χ1v) is 9.11. The maximum Gasteiger partial charge on any atom is 0.269 e. The molecule has 4 aromatic rings. The molecule has 7 nitrogen and oxygen atoms in total. The highest BCUT2D eigenvalue weighted by Crippen LogP contribution is 2.28. The molecule has 0 aliphatic carbocycles. The number of hydrogen-bond donors (Lipinski definition) is 1. The molecule has 0 unspecified atom stereocenters. The second-order valence-corrected chi connectivity index (χ2v) is 6.47. The van der Waals surface area contributed by atoms with Crippen molar-refractivity contribution in [2.24, 2.45) is 15.2 Å². The van der Waals surface area contributed by atoms with E-state index in [0.29, 0.717) is 16.9 Å². The summed E-state index contributed by atoms with van der Waals surface area (Å²) >= 11 is 0. The van der Waals surface area contributed by atoms with E-state index in [1.165, 1.54) is 30.3 Å². The van der Waals surface area contributed by atoms with E-state index in [-0.39, 0.29) is 11.4 Å². The van der Waals surface area contributed by atoms with Crippen LogP contribution in [0.2, 0.25) is 0 Å². The van der Waals surface area contributed by atoms with Crippen LogP contribution in [0.15, 0.2) is 100 Å². The lowest BCUT2D eigenvalue weighted by molar-refractivity contribution is -0.384. The lowest BCUT2D eigenvalue weighted by Crippen LogP contribution is -1.85. The number of nitrogens with zero attached hydrogens (tertiary/aromatic N) is 4. The maximum absolute atomic E-state index is 10.7. The fourth-order valence-electron chi connectivity index (χ4n) is 2.92. The Kier molecular flexibility index (Phi) is 5.25. The number of azo groups is 1. The molecule has 0 spiro atoms. The monoisotopic (exact) mass is 396 g/mol. The van der Waals surface area contributed by atoms with Crippen molar-refractivity contribution in [1.82, 2.24) is 0 Å². The van der Waals surface area contributed by atoms with Crippen LogP contribution in [0.3, 0.4) is 0 Å². The van der Waals surface area contributed by atoms with Crippen LogP contribution >= 0.6 is 0 Å². The van der Waals surface area contributed by atoms with Gasteiger partial charge in [-0.1, -0.05) is 36.4 Å². The third kappa shape index (κ3) is 4.20. The molecule has 0 aliphatic heterocycles. The molecule has 0 bridgehead atoms. The Morgan fingerprint density at radius 2 is 1.53 bits per heavy atom. The Bertz CT molecular complexity index is 1280. The maximum atomic E-state index is 10.7. The molecule has 146 valence electrons. The third-order valence-corrected chi connectivity index (χ3v) is 4.46. The van der Waals surface area contributed by atoms with Crippen LogP contribution in [0.1, 0.15) is 5.56 Å². The molecule has 30 heavy (non-hydrogen) atoms. The van der Waals surface area contributed by atoms with Crippen LogP contribution in [0.5, 0.6) is 5.75 Å². The zero-order chi connectivity index (χ0) is 20.9. The van der Waals surface area contributed by atoms with Gasteiger partial charge >= 0.3 is 0 Å². The minimum Gasteiger partial charge on any atom is -0.507 e. The first-order chi connectivity index (χ1) is 14.6. The van der Waals surface area contributed by atoms with Gasteiger partial charge in [0, 0.05) is 29.3 Å². The van der Waals surface area contributed by atoms with Crippen LogP contribution in [-0.4, -0.2) is 16.2 Å². The lowest BCUT2D eigenvalue weighted by atomic mass is 10.1. The number of hydrogen-bond acceptors (Lipinski definition) is 6. The first kappa shape index (κ1) is 18.9. The van der Waals surface area contributed by atoms with Gasteiger partial charge in [-0.15, -0.1) is 0 Å². The quantitative estimate of drug-likeness (QED) is 0.177. The summed E-state index contributed by atoms with van der Waals surface area (Å²) in [6.45, 7) is 0. The molecular formula is C23H16N4O3. The van der Waals surface area contributed by atoms with Crippen molar-refractivity contribution < 1.29 is 10.0 Å². The molecule has 0 aromatic heterocycles. The Balaban J connectivity index is 1.58. The Morgan fingerprint density at radius 3 is 2.33 bits per heavy atom. The van der Waals surface area contributed by atoms with Crippen LogP contribution in [0.25, 0.3) is 10.8 Å². The molecule has 1 N–H and O–H groups in total. The van der Waals surface area contributed by atoms with Gasteiger partial charge in [0.25, 0.3) is 5.69 Å². The molecule has 4 rings (SSSR count). The largest absolute Gasteiger partial charge is 0.507 e. The van der Waals surface area contributed by atoms with E-state index in [0.717, 1.165) is 16.5 Å². The van der Waals surface area contributed by atoms with E-state index in [2.05, 4.69) is 15.2 Å². The summed E-state index contributed by atoms with van der Waals surface area (Å²) in [5, 5.41) is 31.2. The second kappa shape index (κ2) is 8.32. The number of nitro groups is 1. The molecule has 0 atom stereocenters. The highest BCUT2D eigenvalue weighted by molar-refractivity contribution is 5.96. The molecule has 4 aromatic carbocycles. The van der Waals surface area contributed by atoms with Gasteiger partial charge in [-0.2, -0.15) is 10.2 Å². The van der Waals surface area contributed by atoms with Crippen molar-refractivity contribution in [3.05, 3.63) is 101 Å². The molecule has 0 saturated heterocycles. The minimum absolute atomic E-state index is 0.00878. The number of aliphatic imine (C=N–C) groups is 1. The van der Waals surface area contributed by atoms with Gasteiger partial charge in [0.05, 0.1) is 22.0 Å². The molecular weight excluding hydrogens is 380 g/mol. The van der Waals surface area contributed by atoms with Crippen LogP contribution in [0.4, 0.5) is 22.7 Å².